The average molecular weight is 419 g/mol. The molecule has 5 nitrogen and oxygen atoms in total. The summed E-state index contributed by atoms with van der Waals surface area (Å²) in [5, 5.41) is 4.91. The molecule has 1 N–H and O–H groups in total. The summed E-state index contributed by atoms with van der Waals surface area (Å²) in [5.41, 5.74) is 0.664. The Morgan fingerprint density at radius 1 is 1.07 bits per heavy atom. The Morgan fingerprint density at radius 2 is 1.79 bits per heavy atom. The van der Waals surface area contributed by atoms with Crippen molar-refractivity contribution in [1.82, 2.24) is 5.32 Å². The molecule has 0 spiro atoms. The van der Waals surface area contributed by atoms with Crippen molar-refractivity contribution in [3.63, 3.8) is 0 Å². The van der Waals surface area contributed by atoms with E-state index in [0.29, 0.717) is 31.0 Å². The van der Waals surface area contributed by atoms with Gasteiger partial charge < -0.3 is 5.32 Å². The van der Waals surface area contributed by atoms with Gasteiger partial charge in [0.1, 0.15) is 0 Å². The first-order chi connectivity index (χ1) is 13.9. The Morgan fingerprint density at radius 3 is 2.48 bits per heavy atom. The number of hydrogen-bond donors (Lipinski definition) is 1. The lowest BCUT2D eigenvalue weighted by atomic mass is 9.99. The number of carbonyl (C=O) groups is 1. The summed E-state index contributed by atoms with van der Waals surface area (Å²) < 4.78 is 26.3. The van der Waals surface area contributed by atoms with Gasteiger partial charge in [-0.25, -0.2) is 8.42 Å². The standard InChI is InChI=1S/C23H34N2O3S/c1-4-6-11-19(5-2)18-24-23(26)16-10-17-25(29(3,27)28)22-15-9-13-20-12-7-8-14-21(20)22/h7-9,12-15,19H,4-6,10-11,16-18H2,1-3H3,(H,24,26). The molecule has 0 saturated heterocycles. The van der Waals surface area contributed by atoms with Crippen LogP contribution in [0.4, 0.5) is 5.69 Å². The monoisotopic (exact) mass is 418 g/mol. The largest absolute Gasteiger partial charge is 0.356 e. The molecule has 2 aromatic rings. The molecule has 0 aliphatic carbocycles. The first kappa shape index (κ1) is 23.2. The summed E-state index contributed by atoms with van der Waals surface area (Å²) >= 11 is 0. The second-order valence-electron chi connectivity index (χ2n) is 7.66. The highest BCUT2D eigenvalue weighted by atomic mass is 32.2. The predicted octanol–water partition coefficient (Wildman–Crippen LogP) is 4.72. The van der Waals surface area contributed by atoms with Crippen molar-refractivity contribution in [2.75, 3.05) is 23.7 Å². The van der Waals surface area contributed by atoms with Crippen LogP contribution >= 0.6 is 0 Å². The number of anilines is 1. The Bertz CT molecular complexity index is 891. The van der Waals surface area contributed by atoms with Gasteiger partial charge in [-0.05, 0) is 30.2 Å². The van der Waals surface area contributed by atoms with Crippen LogP contribution in [-0.2, 0) is 14.8 Å². The zero-order valence-corrected chi connectivity index (χ0v) is 18.7. The highest BCUT2D eigenvalue weighted by molar-refractivity contribution is 7.92. The zero-order valence-electron chi connectivity index (χ0n) is 17.9. The Kier molecular flexibility index (Phi) is 8.96. The second kappa shape index (κ2) is 11.2. The smallest absolute Gasteiger partial charge is 0.232 e. The number of fused-ring (bicyclic) bond motifs is 1. The molecule has 0 saturated carbocycles. The maximum Gasteiger partial charge on any atom is 0.232 e. The minimum atomic E-state index is -3.45. The lowest BCUT2D eigenvalue weighted by Crippen LogP contribution is -2.33. The molecule has 160 valence electrons. The fourth-order valence-electron chi connectivity index (χ4n) is 3.56. The SMILES string of the molecule is CCCCC(CC)CNC(=O)CCCN(c1cccc2ccccc12)S(C)(=O)=O. The summed E-state index contributed by atoms with van der Waals surface area (Å²) in [6, 6.07) is 13.4. The Balaban J connectivity index is 1.98. The van der Waals surface area contributed by atoms with Crippen LogP contribution in [0.3, 0.4) is 0 Å². The molecule has 6 heteroatoms. The molecule has 0 fully saturated rings. The third kappa shape index (κ3) is 7.03. The second-order valence-corrected chi connectivity index (χ2v) is 9.56. The number of unbranched alkanes of at least 4 members (excludes halogenated alkanes) is 1. The summed E-state index contributed by atoms with van der Waals surface area (Å²) in [5.74, 6) is 0.508. The molecule has 1 atom stereocenters. The predicted molar refractivity (Wildman–Crippen MR) is 122 cm³/mol. The minimum Gasteiger partial charge on any atom is -0.356 e. The number of nitrogens with zero attached hydrogens (tertiary/aromatic N) is 1. The molecule has 0 heterocycles. The Labute approximate surface area is 175 Å². The molecule has 0 aliphatic rings. The van der Waals surface area contributed by atoms with E-state index in [1.165, 1.54) is 23.4 Å². The van der Waals surface area contributed by atoms with Crippen LogP contribution in [0, 0.1) is 5.92 Å². The maximum absolute atomic E-state index is 12.4. The molecule has 1 unspecified atom stereocenters. The third-order valence-corrected chi connectivity index (χ3v) is 6.51. The molecular formula is C23H34N2O3S. The number of sulfonamides is 1. The van der Waals surface area contributed by atoms with Crippen LogP contribution < -0.4 is 9.62 Å². The van der Waals surface area contributed by atoms with Crippen molar-refractivity contribution in [3.05, 3.63) is 42.5 Å². The van der Waals surface area contributed by atoms with Gasteiger partial charge in [0.15, 0.2) is 0 Å². The number of rotatable bonds is 12. The van der Waals surface area contributed by atoms with Crippen molar-refractivity contribution < 1.29 is 13.2 Å². The summed E-state index contributed by atoms with van der Waals surface area (Å²) in [7, 11) is -3.45. The normalized spacial score (nSPS) is 12.7. The fourth-order valence-corrected chi connectivity index (χ4v) is 4.54. The van der Waals surface area contributed by atoms with Crippen LogP contribution in [0.25, 0.3) is 10.8 Å². The molecule has 0 aliphatic heterocycles. The first-order valence-corrected chi connectivity index (χ1v) is 12.4. The van der Waals surface area contributed by atoms with Gasteiger partial charge in [0.25, 0.3) is 0 Å². The molecular weight excluding hydrogens is 384 g/mol. The van der Waals surface area contributed by atoms with E-state index in [9.17, 15) is 13.2 Å². The average Bonchev–Trinajstić information content (AvgIpc) is 2.70. The zero-order chi connectivity index (χ0) is 21.3. The highest BCUT2D eigenvalue weighted by Crippen LogP contribution is 2.28. The maximum atomic E-state index is 12.4. The summed E-state index contributed by atoms with van der Waals surface area (Å²) in [4.78, 5) is 12.2. The fraction of sp³-hybridized carbons (Fsp3) is 0.522. The van der Waals surface area contributed by atoms with Gasteiger partial charge in [0, 0.05) is 24.9 Å². The van der Waals surface area contributed by atoms with E-state index in [2.05, 4.69) is 19.2 Å². The van der Waals surface area contributed by atoms with Gasteiger partial charge >= 0.3 is 0 Å². The topological polar surface area (TPSA) is 66.5 Å². The van der Waals surface area contributed by atoms with Crippen LogP contribution in [0.2, 0.25) is 0 Å². The molecule has 2 aromatic carbocycles. The van der Waals surface area contributed by atoms with Crippen molar-refractivity contribution in [1.29, 1.82) is 0 Å². The van der Waals surface area contributed by atoms with E-state index in [0.717, 1.165) is 23.6 Å². The number of amides is 1. The van der Waals surface area contributed by atoms with Crippen molar-refractivity contribution >= 4 is 32.4 Å². The van der Waals surface area contributed by atoms with Crippen LogP contribution in [0.5, 0.6) is 0 Å². The van der Waals surface area contributed by atoms with Gasteiger partial charge in [0.2, 0.25) is 15.9 Å². The number of benzene rings is 2. The van der Waals surface area contributed by atoms with E-state index < -0.39 is 10.0 Å². The van der Waals surface area contributed by atoms with Crippen molar-refractivity contribution in [2.24, 2.45) is 5.92 Å². The first-order valence-electron chi connectivity index (χ1n) is 10.6. The lowest BCUT2D eigenvalue weighted by Gasteiger charge is -2.24. The van der Waals surface area contributed by atoms with E-state index in [1.54, 1.807) is 0 Å². The van der Waals surface area contributed by atoms with Crippen LogP contribution in [0.1, 0.15) is 52.4 Å². The van der Waals surface area contributed by atoms with Crippen molar-refractivity contribution in [3.8, 4) is 0 Å². The van der Waals surface area contributed by atoms with E-state index in [4.69, 9.17) is 0 Å². The molecule has 0 aromatic heterocycles. The number of carbonyl (C=O) groups excluding carboxylic acids is 1. The lowest BCUT2D eigenvalue weighted by molar-refractivity contribution is -0.121. The number of hydrogen-bond acceptors (Lipinski definition) is 3. The third-order valence-electron chi connectivity index (χ3n) is 5.33. The van der Waals surface area contributed by atoms with E-state index in [-0.39, 0.29) is 12.5 Å². The van der Waals surface area contributed by atoms with Gasteiger partial charge in [-0.3, -0.25) is 9.10 Å². The van der Waals surface area contributed by atoms with E-state index >= 15 is 0 Å². The number of nitrogens with one attached hydrogen (secondary N) is 1. The molecule has 0 bridgehead atoms. The molecule has 2 rings (SSSR count). The van der Waals surface area contributed by atoms with Gasteiger partial charge in [-0.2, -0.15) is 0 Å². The van der Waals surface area contributed by atoms with Crippen LogP contribution in [-0.4, -0.2) is 33.7 Å². The molecule has 1 amide bonds. The minimum absolute atomic E-state index is 0.00804. The van der Waals surface area contributed by atoms with E-state index in [1.807, 2.05) is 42.5 Å². The molecule has 0 radical (unpaired) electrons. The molecule has 29 heavy (non-hydrogen) atoms. The Hall–Kier alpha value is -2.08. The quantitative estimate of drug-likeness (QED) is 0.542. The van der Waals surface area contributed by atoms with Gasteiger partial charge in [0.05, 0.1) is 11.9 Å². The van der Waals surface area contributed by atoms with Gasteiger partial charge in [-0.15, -0.1) is 0 Å². The summed E-state index contributed by atoms with van der Waals surface area (Å²) in [6.45, 7) is 5.32. The highest BCUT2D eigenvalue weighted by Gasteiger charge is 2.19. The van der Waals surface area contributed by atoms with Crippen molar-refractivity contribution in [2.45, 2.75) is 52.4 Å². The van der Waals surface area contributed by atoms with Gasteiger partial charge in [-0.1, -0.05) is 69.5 Å². The summed E-state index contributed by atoms with van der Waals surface area (Å²) in [6.07, 6.45) is 6.56. The van der Waals surface area contributed by atoms with Crippen LogP contribution in [0.15, 0.2) is 42.5 Å².